The molecule has 1 heterocycles. The van der Waals surface area contributed by atoms with Gasteiger partial charge in [-0.15, -0.1) is 0 Å². The molecule has 19 heavy (non-hydrogen) atoms. The van der Waals surface area contributed by atoms with Crippen LogP contribution in [0.1, 0.15) is 38.3 Å². The summed E-state index contributed by atoms with van der Waals surface area (Å²) in [6.45, 7) is 4.57. The van der Waals surface area contributed by atoms with Gasteiger partial charge in [-0.25, -0.2) is 4.98 Å². The van der Waals surface area contributed by atoms with Gasteiger partial charge in [-0.1, -0.05) is 13.8 Å². The minimum atomic E-state index is 0.397. The molecule has 0 radical (unpaired) electrons. The number of rotatable bonds is 1. The van der Waals surface area contributed by atoms with Crippen molar-refractivity contribution in [3.63, 3.8) is 0 Å². The van der Waals surface area contributed by atoms with Gasteiger partial charge in [-0.3, -0.25) is 0 Å². The maximum atomic E-state index is 9.04. The Balaban J connectivity index is 2.17. The first-order valence-corrected chi connectivity index (χ1v) is 6.79. The number of nitrogens with zero attached hydrogens (tertiary/aromatic N) is 3. The molecule has 2 aromatic rings. The summed E-state index contributed by atoms with van der Waals surface area (Å²) in [6, 6.07) is 8.15. The number of fused-ring (bicyclic) bond motifs is 1. The third-order valence-electron chi connectivity index (χ3n) is 4.60. The maximum Gasteiger partial charge on any atom is 0.201 e. The molecule has 0 saturated heterocycles. The van der Waals surface area contributed by atoms with Crippen LogP contribution in [0.2, 0.25) is 0 Å². The lowest BCUT2D eigenvalue weighted by Crippen LogP contribution is -2.16. The zero-order chi connectivity index (χ0) is 13.6. The van der Waals surface area contributed by atoms with Crippen molar-refractivity contribution < 1.29 is 0 Å². The molecule has 0 bridgehead atoms. The predicted molar refractivity (Wildman–Crippen MR) is 75.5 cm³/mol. The summed E-state index contributed by atoms with van der Waals surface area (Å²) < 4.78 is 2.13. The van der Waals surface area contributed by atoms with Crippen LogP contribution in [0.4, 0.5) is 5.95 Å². The molecule has 0 spiro atoms. The molecule has 1 saturated carbocycles. The van der Waals surface area contributed by atoms with E-state index in [1.807, 2.05) is 12.1 Å². The Morgan fingerprint density at radius 3 is 2.79 bits per heavy atom. The fraction of sp³-hybridized carbons (Fsp3) is 0.467. The van der Waals surface area contributed by atoms with Gasteiger partial charge >= 0.3 is 0 Å². The van der Waals surface area contributed by atoms with Gasteiger partial charge in [-0.2, -0.15) is 5.26 Å². The Hall–Kier alpha value is -2.02. The summed E-state index contributed by atoms with van der Waals surface area (Å²) in [7, 11) is 0. The van der Waals surface area contributed by atoms with Gasteiger partial charge in [0.1, 0.15) is 0 Å². The Morgan fingerprint density at radius 2 is 2.16 bits per heavy atom. The molecule has 1 fully saturated rings. The SMILES string of the molecule is CC1CCC(n2c(N)nc3ccc(C#N)cc32)C1C. The van der Waals surface area contributed by atoms with Gasteiger partial charge in [-0.05, 0) is 42.9 Å². The number of nitrogen functional groups attached to an aromatic ring is 1. The second kappa shape index (κ2) is 4.27. The number of aromatic nitrogens is 2. The zero-order valence-corrected chi connectivity index (χ0v) is 11.3. The predicted octanol–water partition coefficient (Wildman–Crippen LogP) is 3.10. The van der Waals surface area contributed by atoms with Crippen molar-refractivity contribution in [2.24, 2.45) is 11.8 Å². The molecule has 4 heteroatoms. The Bertz CT molecular complexity index is 665. The highest BCUT2D eigenvalue weighted by Gasteiger charge is 2.33. The van der Waals surface area contributed by atoms with Gasteiger partial charge < -0.3 is 10.3 Å². The normalized spacial score (nSPS) is 26.7. The lowest BCUT2D eigenvalue weighted by atomic mass is 9.97. The molecule has 3 rings (SSSR count). The van der Waals surface area contributed by atoms with Crippen molar-refractivity contribution in [3.8, 4) is 6.07 Å². The van der Waals surface area contributed by atoms with Crippen molar-refractivity contribution in [3.05, 3.63) is 23.8 Å². The lowest BCUT2D eigenvalue weighted by Gasteiger charge is -2.21. The quantitative estimate of drug-likeness (QED) is 0.850. The summed E-state index contributed by atoms with van der Waals surface area (Å²) in [5.41, 5.74) is 8.63. The van der Waals surface area contributed by atoms with Crippen LogP contribution in [-0.4, -0.2) is 9.55 Å². The molecular formula is C15H18N4. The first kappa shape index (κ1) is 12.0. The minimum Gasteiger partial charge on any atom is -0.369 e. The van der Waals surface area contributed by atoms with Gasteiger partial charge in [0.15, 0.2) is 0 Å². The number of imidazole rings is 1. The molecule has 1 aliphatic carbocycles. The lowest BCUT2D eigenvalue weighted by molar-refractivity contribution is 0.361. The van der Waals surface area contributed by atoms with Crippen molar-refractivity contribution in [2.45, 2.75) is 32.7 Å². The summed E-state index contributed by atoms with van der Waals surface area (Å²) in [4.78, 5) is 4.42. The minimum absolute atomic E-state index is 0.397. The summed E-state index contributed by atoms with van der Waals surface area (Å²) >= 11 is 0. The highest BCUT2D eigenvalue weighted by atomic mass is 15.2. The smallest absolute Gasteiger partial charge is 0.201 e. The van der Waals surface area contributed by atoms with E-state index in [2.05, 4.69) is 29.5 Å². The van der Waals surface area contributed by atoms with E-state index in [0.717, 1.165) is 17.5 Å². The van der Waals surface area contributed by atoms with Crippen molar-refractivity contribution in [1.29, 1.82) is 5.26 Å². The van der Waals surface area contributed by atoms with Crippen molar-refractivity contribution in [1.82, 2.24) is 9.55 Å². The van der Waals surface area contributed by atoms with E-state index < -0.39 is 0 Å². The Kier molecular flexibility index (Phi) is 2.70. The number of hydrogen-bond acceptors (Lipinski definition) is 3. The van der Waals surface area contributed by atoms with Gasteiger partial charge in [0.05, 0.1) is 22.7 Å². The molecule has 1 aromatic carbocycles. The van der Waals surface area contributed by atoms with E-state index in [1.165, 1.54) is 6.42 Å². The zero-order valence-electron chi connectivity index (χ0n) is 11.3. The summed E-state index contributed by atoms with van der Waals surface area (Å²) in [6.07, 6.45) is 2.36. The maximum absolute atomic E-state index is 9.04. The van der Waals surface area contributed by atoms with Crippen LogP contribution in [-0.2, 0) is 0 Å². The van der Waals surface area contributed by atoms with Crippen molar-refractivity contribution in [2.75, 3.05) is 5.73 Å². The highest BCUT2D eigenvalue weighted by molar-refractivity contribution is 5.80. The molecule has 1 aliphatic rings. The first-order chi connectivity index (χ1) is 9.11. The van der Waals surface area contributed by atoms with Crippen LogP contribution >= 0.6 is 0 Å². The number of benzene rings is 1. The Labute approximate surface area is 112 Å². The van der Waals surface area contributed by atoms with Crippen LogP contribution in [0.3, 0.4) is 0 Å². The van der Waals surface area contributed by atoms with E-state index in [0.29, 0.717) is 29.4 Å². The highest BCUT2D eigenvalue weighted by Crippen LogP contribution is 2.42. The average molecular weight is 254 g/mol. The number of hydrogen-bond donors (Lipinski definition) is 1. The number of nitrogens with two attached hydrogens (primary N) is 1. The van der Waals surface area contributed by atoms with E-state index in [-0.39, 0.29) is 0 Å². The standard InChI is InChI=1S/C15H18N4/c1-9-3-6-13(10(9)2)19-14-7-11(8-16)4-5-12(14)18-15(19)17/h4-5,7,9-10,13H,3,6H2,1-2H3,(H2,17,18). The molecular weight excluding hydrogens is 236 g/mol. The number of nitriles is 1. The Morgan fingerprint density at radius 1 is 1.37 bits per heavy atom. The van der Waals surface area contributed by atoms with Crippen LogP contribution in [0.25, 0.3) is 11.0 Å². The second-order valence-corrected chi connectivity index (χ2v) is 5.64. The van der Waals surface area contributed by atoms with Crippen LogP contribution in [0, 0.1) is 23.2 Å². The van der Waals surface area contributed by atoms with E-state index in [4.69, 9.17) is 11.0 Å². The van der Waals surface area contributed by atoms with Gasteiger partial charge in [0.2, 0.25) is 5.95 Å². The molecule has 98 valence electrons. The molecule has 2 N–H and O–H groups in total. The largest absolute Gasteiger partial charge is 0.369 e. The molecule has 1 aromatic heterocycles. The van der Waals surface area contributed by atoms with Gasteiger partial charge in [0, 0.05) is 6.04 Å². The molecule has 4 nitrogen and oxygen atoms in total. The fourth-order valence-electron chi connectivity index (χ4n) is 3.23. The summed E-state index contributed by atoms with van der Waals surface area (Å²) in [5, 5.41) is 9.04. The molecule has 3 unspecified atom stereocenters. The molecule has 0 aliphatic heterocycles. The summed E-state index contributed by atoms with van der Waals surface area (Å²) in [5.74, 6) is 1.86. The topological polar surface area (TPSA) is 67.6 Å². The van der Waals surface area contributed by atoms with E-state index in [9.17, 15) is 0 Å². The second-order valence-electron chi connectivity index (χ2n) is 5.64. The van der Waals surface area contributed by atoms with Gasteiger partial charge in [0.25, 0.3) is 0 Å². The van der Waals surface area contributed by atoms with Crippen LogP contribution in [0.5, 0.6) is 0 Å². The first-order valence-electron chi connectivity index (χ1n) is 6.79. The average Bonchev–Trinajstić information content (AvgIpc) is 2.89. The van der Waals surface area contributed by atoms with Crippen LogP contribution in [0.15, 0.2) is 18.2 Å². The molecule has 0 amide bonds. The fourth-order valence-corrected chi connectivity index (χ4v) is 3.23. The molecule has 3 atom stereocenters. The van der Waals surface area contributed by atoms with Crippen molar-refractivity contribution >= 4 is 17.0 Å². The van der Waals surface area contributed by atoms with Crippen LogP contribution < -0.4 is 5.73 Å². The third-order valence-corrected chi connectivity index (χ3v) is 4.60. The van der Waals surface area contributed by atoms with E-state index in [1.54, 1.807) is 6.07 Å². The van der Waals surface area contributed by atoms with E-state index >= 15 is 0 Å². The third kappa shape index (κ3) is 1.77. The number of anilines is 1. The monoisotopic (exact) mass is 254 g/mol.